The van der Waals surface area contributed by atoms with E-state index < -0.39 is 54.5 Å². The Kier molecular flexibility index (Phi) is 7.26. The Balaban J connectivity index is 1.39. The number of H-pyrrole nitrogens is 1. The molecule has 1 N–H and O–H groups in total. The number of likely N-dealkylation sites (tertiary alicyclic amines) is 1. The summed E-state index contributed by atoms with van der Waals surface area (Å²) in [4.78, 5) is 54.1. The zero-order valence-electron chi connectivity index (χ0n) is 21.6. The number of anilines is 1. The third kappa shape index (κ3) is 5.03. The molecule has 2 amide bonds. The molecule has 1 spiro atoms. The highest BCUT2D eigenvalue weighted by molar-refractivity contribution is 6.33. The lowest BCUT2D eigenvalue weighted by atomic mass is 9.73. The number of halogens is 5. The number of aromatic amines is 1. The van der Waals surface area contributed by atoms with E-state index in [9.17, 15) is 36.7 Å². The zero-order chi connectivity index (χ0) is 29.7. The maximum absolute atomic E-state index is 14.6. The first-order valence-electron chi connectivity index (χ1n) is 12.6. The van der Waals surface area contributed by atoms with E-state index in [0.717, 1.165) is 11.0 Å². The summed E-state index contributed by atoms with van der Waals surface area (Å²) in [7, 11) is 1.21. The molecule has 2 aliphatic heterocycles. The number of aromatic nitrogens is 2. The second kappa shape index (κ2) is 10.4. The number of amides is 2. The van der Waals surface area contributed by atoms with Crippen LogP contribution >= 0.6 is 11.6 Å². The molecule has 3 heterocycles. The van der Waals surface area contributed by atoms with Crippen molar-refractivity contribution >= 4 is 51.8 Å². The average molecular weight is 595 g/mol. The number of alkyl halides is 3. The van der Waals surface area contributed by atoms with E-state index in [-0.39, 0.29) is 59.4 Å². The smallest absolute Gasteiger partial charge is 0.389 e. The largest absolute Gasteiger partial charge is 0.464 e. The molecule has 14 heteroatoms. The lowest BCUT2D eigenvalue weighted by molar-refractivity contribution is -0.142. The molecule has 1 fully saturated rings. The summed E-state index contributed by atoms with van der Waals surface area (Å²) in [5, 5.41) is 6.72. The number of carbonyl (C=O) groups excluding carboxylic acids is 4. The van der Waals surface area contributed by atoms with E-state index in [0.29, 0.717) is 10.9 Å². The van der Waals surface area contributed by atoms with Crippen molar-refractivity contribution < 1.29 is 41.5 Å². The summed E-state index contributed by atoms with van der Waals surface area (Å²) in [6.07, 6.45) is -6.56. The number of rotatable bonds is 6. The normalized spacial score (nSPS) is 16.4. The van der Waals surface area contributed by atoms with Gasteiger partial charge in [0.2, 0.25) is 5.91 Å². The van der Waals surface area contributed by atoms with Crippen molar-refractivity contribution in [2.24, 2.45) is 0 Å². The molecule has 0 aliphatic carbocycles. The molecule has 1 saturated heterocycles. The second-order valence-corrected chi connectivity index (χ2v) is 10.4. The first-order valence-corrected chi connectivity index (χ1v) is 13.0. The molecule has 0 unspecified atom stereocenters. The number of hydrogen-bond acceptors (Lipinski definition) is 6. The number of esters is 1. The van der Waals surface area contributed by atoms with Gasteiger partial charge < -0.3 is 14.5 Å². The van der Waals surface area contributed by atoms with Crippen LogP contribution in [0.5, 0.6) is 0 Å². The number of methoxy groups -OCH3 is 1. The third-order valence-electron chi connectivity index (χ3n) is 7.61. The van der Waals surface area contributed by atoms with Crippen LogP contribution < -0.4 is 4.90 Å². The van der Waals surface area contributed by atoms with Crippen LogP contribution in [-0.2, 0) is 19.7 Å². The van der Waals surface area contributed by atoms with Crippen LogP contribution in [0.4, 0.5) is 23.2 Å². The van der Waals surface area contributed by atoms with Gasteiger partial charge in [-0.15, -0.1) is 0 Å². The first-order chi connectivity index (χ1) is 19.4. The fourth-order valence-corrected chi connectivity index (χ4v) is 5.87. The summed E-state index contributed by atoms with van der Waals surface area (Å²) in [5.41, 5.74) is -0.218. The molecule has 0 bridgehead atoms. The van der Waals surface area contributed by atoms with Crippen LogP contribution in [0, 0.1) is 5.82 Å². The number of nitrogens with one attached hydrogen (secondary N) is 1. The average Bonchev–Trinajstić information content (AvgIpc) is 3.46. The number of ether oxygens (including phenoxy) is 1. The summed E-state index contributed by atoms with van der Waals surface area (Å²) in [5.74, 6) is -3.21. The Bertz CT molecular complexity index is 1580. The molecule has 0 saturated carbocycles. The van der Waals surface area contributed by atoms with E-state index in [1.807, 2.05) is 0 Å². The predicted octanol–water partition coefficient (Wildman–Crippen LogP) is 4.57. The van der Waals surface area contributed by atoms with Gasteiger partial charge in [-0.2, -0.15) is 18.3 Å². The summed E-state index contributed by atoms with van der Waals surface area (Å²) < 4.78 is 57.2. The number of ketones is 1. The highest BCUT2D eigenvalue weighted by Gasteiger charge is 2.54. The van der Waals surface area contributed by atoms with Gasteiger partial charge in [0, 0.05) is 36.0 Å². The van der Waals surface area contributed by atoms with Gasteiger partial charge in [-0.25, -0.2) is 9.18 Å². The molecule has 0 atom stereocenters. The quantitative estimate of drug-likeness (QED) is 0.330. The molecule has 1 aromatic heterocycles. The third-order valence-corrected chi connectivity index (χ3v) is 7.98. The lowest BCUT2D eigenvalue weighted by Gasteiger charge is -2.38. The van der Waals surface area contributed by atoms with Gasteiger partial charge in [0.15, 0.2) is 11.5 Å². The molecule has 0 radical (unpaired) electrons. The van der Waals surface area contributed by atoms with Crippen molar-refractivity contribution in [2.45, 2.75) is 37.3 Å². The van der Waals surface area contributed by atoms with Gasteiger partial charge in [-0.05, 0) is 43.2 Å². The van der Waals surface area contributed by atoms with Crippen LogP contribution in [-0.4, -0.2) is 71.6 Å². The second-order valence-electron chi connectivity index (χ2n) is 10.00. The van der Waals surface area contributed by atoms with Crippen LogP contribution in [0.3, 0.4) is 0 Å². The number of nitrogens with zero attached hydrogens (tertiary/aromatic N) is 3. The van der Waals surface area contributed by atoms with Crippen molar-refractivity contribution in [3.05, 3.63) is 58.0 Å². The number of hydrogen-bond donors (Lipinski definition) is 1. The van der Waals surface area contributed by atoms with Crippen LogP contribution in [0.25, 0.3) is 10.9 Å². The van der Waals surface area contributed by atoms with E-state index in [1.54, 1.807) is 12.1 Å². The Hall–Kier alpha value is -4.00. The van der Waals surface area contributed by atoms with Crippen molar-refractivity contribution in [3.63, 3.8) is 0 Å². The molecule has 3 aromatic rings. The highest BCUT2D eigenvalue weighted by atomic mass is 35.5. The standard InChI is InChI=1S/C27H23ClF4N4O5/c1-41-24(39)22-16-12-14(2-4-18(16)33-34-22)23(38)35-10-8-26(9-11-35)20-19(5-3-17(29)21(20)28)36(25(26)40)13-15(37)6-7-27(30,31)32/h2-5,12H,6-11,13H2,1H3,(H,33,34). The molecule has 9 nitrogen and oxygen atoms in total. The molecule has 2 aromatic carbocycles. The Morgan fingerprint density at radius 1 is 1.15 bits per heavy atom. The molecular formula is C27H23ClF4N4O5. The minimum atomic E-state index is -4.53. The van der Waals surface area contributed by atoms with Crippen molar-refractivity contribution in [3.8, 4) is 0 Å². The van der Waals surface area contributed by atoms with Gasteiger partial charge in [0.25, 0.3) is 5.91 Å². The fraction of sp³-hybridized carbons (Fsp3) is 0.370. The predicted molar refractivity (Wildman–Crippen MR) is 138 cm³/mol. The summed E-state index contributed by atoms with van der Waals surface area (Å²) in [6.45, 7) is -0.471. The molecular weight excluding hydrogens is 572 g/mol. The van der Waals surface area contributed by atoms with Crippen molar-refractivity contribution in [2.75, 3.05) is 31.6 Å². The van der Waals surface area contributed by atoms with Crippen LogP contribution in [0.1, 0.15) is 52.1 Å². The van der Waals surface area contributed by atoms with Gasteiger partial charge in [0.1, 0.15) is 5.82 Å². The minimum Gasteiger partial charge on any atom is -0.464 e. The molecule has 5 rings (SSSR count). The highest BCUT2D eigenvalue weighted by Crippen LogP contribution is 2.51. The number of Topliss-reactive ketones (excluding diaryl/α,β-unsaturated/α-hetero) is 1. The SMILES string of the molecule is COC(=O)c1n[nH]c2ccc(C(=O)N3CCC4(CC3)C(=O)N(CC(=O)CCC(F)(F)F)c3ccc(F)c(Cl)c34)cc12. The zero-order valence-corrected chi connectivity index (χ0v) is 22.4. The van der Waals surface area contributed by atoms with Gasteiger partial charge in [-0.1, -0.05) is 11.6 Å². The Morgan fingerprint density at radius 2 is 1.85 bits per heavy atom. The number of piperidine rings is 1. The maximum atomic E-state index is 14.6. The fourth-order valence-electron chi connectivity index (χ4n) is 5.53. The Morgan fingerprint density at radius 3 is 2.51 bits per heavy atom. The van der Waals surface area contributed by atoms with Crippen molar-refractivity contribution in [1.29, 1.82) is 0 Å². The molecule has 216 valence electrons. The number of benzene rings is 2. The topological polar surface area (TPSA) is 113 Å². The first kappa shape index (κ1) is 28.5. The van der Waals surface area contributed by atoms with E-state index in [2.05, 4.69) is 10.2 Å². The molecule has 41 heavy (non-hydrogen) atoms. The van der Waals surface area contributed by atoms with Crippen molar-refractivity contribution in [1.82, 2.24) is 15.1 Å². The van der Waals surface area contributed by atoms with E-state index >= 15 is 0 Å². The number of carbonyl (C=O) groups is 4. The lowest BCUT2D eigenvalue weighted by Crippen LogP contribution is -2.50. The summed E-state index contributed by atoms with van der Waals surface area (Å²) in [6, 6.07) is 6.99. The minimum absolute atomic E-state index is 0.0180. The van der Waals surface area contributed by atoms with Crippen LogP contribution in [0.15, 0.2) is 30.3 Å². The monoisotopic (exact) mass is 594 g/mol. The summed E-state index contributed by atoms with van der Waals surface area (Å²) >= 11 is 6.33. The van der Waals surface area contributed by atoms with E-state index in [4.69, 9.17) is 16.3 Å². The van der Waals surface area contributed by atoms with Gasteiger partial charge >= 0.3 is 12.1 Å². The maximum Gasteiger partial charge on any atom is 0.389 e. The van der Waals surface area contributed by atoms with Gasteiger partial charge in [-0.3, -0.25) is 19.5 Å². The van der Waals surface area contributed by atoms with Gasteiger partial charge in [0.05, 0.1) is 41.7 Å². The Labute approximate surface area is 235 Å². The number of fused-ring (bicyclic) bond motifs is 3. The van der Waals surface area contributed by atoms with Crippen LogP contribution in [0.2, 0.25) is 5.02 Å². The molecule has 2 aliphatic rings. The van der Waals surface area contributed by atoms with E-state index in [1.165, 1.54) is 24.1 Å².